The molecule has 2 heterocycles. The van der Waals surface area contributed by atoms with E-state index in [1.165, 1.54) is 36.1 Å². The zero-order valence-electron chi connectivity index (χ0n) is 8.28. The number of nitrogens with zero attached hydrogens (tertiary/aromatic N) is 1. The molecule has 1 fully saturated rings. The van der Waals surface area contributed by atoms with Crippen LogP contribution in [0.25, 0.3) is 0 Å². The van der Waals surface area contributed by atoms with Crippen molar-refractivity contribution in [3.63, 3.8) is 0 Å². The fraction of sp³-hybridized carbons (Fsp3) is 0.545. The molecule has 76 valence electrons. The number of aromatic nitrogens is 1. The Hall–Kier alpha value is -0.540. The van der Waals surface area contributed by atoms with Gasteiger partial charge in [0.2, 0.25) is 0 Å². The van der Waals surface area contributed by atoms with E-state index in [0.717, 1.165) is 0 Å². The lowest BCUT2D eigenvalue weighted by molar-refractivity contribution is 0.681. The summed E-state index contributed by atoms with van der Waals surface area (Å²) >= 11 is 2.06. The Morgan fingerprint density at radius 2 is 2.43 bits per heavy atom. The van der Waals surface area contributed by atoms with Crippen LogP contribution in [-0.2, 0) is 6.54 Å². The maximum Gasteiger partial charge on any atom is 0.0315 e. The lowest BCUT2D eigenvalue weighted by Gasteiger charge is -2.23. The van der Waals surface area contributed by atoms with E-state index in [1.807, 2.05) is 12.4 Å². The van der Waals surface area contributed by atoms with Crippen LogP contribution in [0.2, 0.25) is 0 Å². The van der Waals surface area contributed by atoms with Gasteiger partial charge in [0.25, 0.3) is 0 Å². The van der Waals surface area contributed by atoms with Crippen LogP contribution in [-0.4, -0.2) is 10.7 Å². The van der Waals surface area contributed by atoms with Crippen molar-refractivity contribution < 1.29 is 0 Å². The molecule has 2 rings (SSSR count). The molecule has 1 saturated heterocycles. The Labute approximate surface area is 89.3 Å². The molecule has 0 amide bonds. The molecule has 1 aromatic rings. The molecule has 1 atom stereocenters. The van der Waals surface area contributed by atoms with Gasteiger partial charge in [-0.1, -0.05) is 6.42 Å². The van der Waals surface area contributed by atoms with Gasteiger partial charge in [0.05, 0.1) is 0 Å². The topological polar surface area (TPSA) is 38.9 Å². The number of pyridine rings is 1. The Morgan fingerprint density at radius 1 is 1.50 bits per heavy atom. The number of hydrogen-bond acceptors (Lipinski definition) is 3. The first-order chi connectivity index (χ1) is 6.92. The van der Waals surface area contributed by atoms with Crippen LogP contribution in [0, 0.1) is 0 Å². The standard InChI is InChI=1S/C11H16N2S/c12-7-9-8-13-5-4-10(9)11-3-1-2-6-14-11/h4-5,8,11H,1-3,6-7,12H2. The highest BCUT2D eigenvalue weighted by atomic mass is 32.2. The van der Waals surface area contributed by atoms with E-state index in [2.05, 4.69) is 22.8 Å². The fourth-order valence-electron chi connectivity index (χ4n) is 1.91. The SMILES string of the molecule is NCc1cnccc1C1CCCCS1. The largest absolute Gasteiger partial charge is 0.326 e. The van der Waals surface area contributed by atoms with Crippen LogP contribution in [0.3, 0.4) is 0 Å². The molecule has 1 aliphatic heterocycles. The van der Waals surface area contributed by atoms with Crippen LogP contribution in [0.15, 0.2) is 18.5 Å². The first-order valence-electron chi connectivity index (χ1n) is 5.16. The highest BCUT2D eigenvalue weighted by Crippen LogP contribution is 2.39. The summed E-state index contributed by atoms with van der Waals surface area (Å²) in [6.07, 6.45) is 7.80. The zero-order chi connectivity index (χ0) is 9.80. The second-order valence-electron chi connectivity index (χ2n) is 3.63. The van der Waals surface area contributed by atoms with Crippen molar-refractivity contribution in [2.24, 2.45) is 5.73 Å². The van der Waals surface area contributed by atoms with Crippen molar-refractivity contribution in [3.05, 3.63) is 29.6 Å². The molecule has 0 saturated carbocycles. The first-order valence-corrected chi connectivity index (χ1v) is 6.21. The average molecular weight is 208 g/mol. The highest BCUT2D eigenvalue weighted by Gasteiger charge is 2.18. The van der Waals surface area contributed by atoms with E-state index in [4.69, 9.17) is 5.73 Å². The van der Waals surface area contributed by atoms with Crippen molar-refractivity contribution in [1.29, 1.82) is 0 Å². The van der Waals surface area contributed by atoms with Gasteiger partial charge in [0.15, 0.2) is 0 Å². The highest BCUT2D eigenvalue weighted by molar-refractivity contribution is 7.99. The smallest absolute Gasteiger partial charge is 0.0315 e. The average Bonchev–Trinajstić information content (AvgIpc) is 2.30. The molecule has 2 N–H and O–H groups in total. The second kappa shape index (κ2) is 4.80. The van der Waals surface area contributed by atoms with Crippen molar-refractivity contribution in [1.82, 2.24) is 4.98 Å². The molecule has 0 radical (unpaired) electrons. The summed E-state index contributed by atoms with van der Waals surface area (Å²) in [4.78, 5) is 4.12. The fourth-order valence-corrected chi connectivity index (χ4v) is 3.31. The molecule has 3 heteroatoms. The summed E-state index contributed by atoms with van der Waals surface area (Å²) in [5.74, 6) is 1.29. The lowest BCUT2D eigenvalue weighted by atomic mass is 10.0. The van der Waals surface area contributed by atoms with Crippen LogP contribution in [0.1, 0.15) is 35.6 Å². The van der Waals surface area contributed by atoms with Crippen molar-refractivity contribution in [2.45, 2.75) is 31.1 Å². The summed E-state index contributed by atoms with van der Waals surface area (Å²) in [6.45, 7) is 0.611. The van der Waals surface area contributed by atoms with Gasteiger partial charge in [-0.15, -0.1) is 0 Å². The van der Waals surface area contributed by atoms with Gasteiger partial charge in [-0.2, -0.15) is 11.8 Å². The third-order valence-corrected chi connectivity index (χ3v) is 4.10. The summed E-state index contributed by atoms with van der Waals surface area (Å²) < 4.78 is 0. The van der Waals surface area contributed by atoms with Crippen LogP contribution in [0.4, 0.5) is 0 Å². The molecule has 2 nitrogen and oxygen atoms in total. The summed E-state index contributed by atoms with van der Waals surface area (Å²) in [6, 6.07) is 2.13. The van der Waals surface area contributed by atoms with Gasteiger partial charge >= 0.3 is 0 Å². The predicted octanol–water partition coefficient (Wildman–Crippen LogP) is 2.50. The van der Waals surface area contributed by atoms with Gasteiger partial charge in [-0.25, -0.2) is 0 Å². The van der Waals surface area contributed by atoms with E-state index in [0.29, 0.717) is 11.8 Å². The minimum atomic E-state index is 0.611. The summed E-state index contributed by atoms with van der Waals surface area (Å²) in [5, 5.41) is 0.658. The normalized spacial score (nSPS) is 22.2. The molecule has 0 aliphatic carbocycles. The monoisotopic (exact) mass is 208 g/mol. The van der Waals surface area contributed by atoms with Gasteiger partial charge in [0.1, 0.15) is 0 Å². The van der Waals surface area contributed by atoms with E-state index in [9.17, 15) is 0 Å². The first kappa shape index (κ1) is 9.99. The molecule has 1 aromatic heterocycles. The molecule has 1 aliphatic rings. The number of thioether (sulfide) groups is 1. The van der Waals surface area contributed by atoms with E-state index >= 15 is 0 Å². The maximum absolute atomic E-state index is 5.71. The van der Waals surface area contributed by atoms with Crippen molar-refractivity contribution >= 4 is 11.8 Å². The molecule has 0 aromatic carbocycles. The Bertz CT molecular complexity index is 295. The third-order valence-electron chi connectivity index (χ3n) is 2.69. The van der Waals surface area contributed by atoms with Crippen LogP contribution in [0.5, 0.6) is 0 Å². The third kappa shape index (κ3) is 2.10. The number of rotatable bonds is 2. The molecule has 0 bridgehead atoms. The molecule has 14 heavy (non-hydrogen) atoms. The van der Waals surface area contributed by atoms with Gasteiger partial charge in [-0.05, 0) is 35.8 Å². The Morgan fingerprint density at radius 3 is 3.14 bits per heavy atom. The van der Waals surface area contributed by atoms with Crippen molar-refractivity contribution in [3.8, 4) is 0 Å². The van der Waals surface area contributed by atoms with Gasteiger partial charge in [-0.3, -0.25) is 4.98 Å². The zero-order valence-corrected chi connectivity index (χ0v) is 9.09. The molecule has 1 unspecified atom stereocenters. The Kier molecular flexibility index (Phi) is 3.43. The van der Waals surface area contributed by atoms with Gasteiger partial charge < -0.3 is 5.73 Å². The van der Waals surface area contributed by atoms with E-state index < -0.39 is 0 Å². The second-order valence-corrected chi connectivity index (χ2v) is 4.94. The van der Waals surface area contributed by atoms with E-state index in [1.54, 1.807) is 0 Å². The minimum absolute atomic E-state index is 0.611. The van der Waals surface area contributed by atoms with Crippen LogP contribution < -0.4 is 5.73 Å². The van der Waals surface area contributed by atoms with Crippen LogP contribution >= 0.6 is 11.8 Å². The molecule has 0 spiro atoms. The molecular weight excluding hydrogens is 192 g/mol. The molecular formula is C11H16N2S. The van der Waals surface area contributed by atoms with Crippen molar-refractivity contribution in [2.75, 3.05) is 5.75 Å². The Balaban J connectivity index is 2.20. The predicted molar refractivity (Wildman–Crippen MR) is 61.2 cm³/mol. The van der Waals surface area contributed by atoms with Gasteiger partial charge in [0, 0.05) is 24.2 Å². The van der Waals surface area contributed by atoms with E-state index in [-0.39, 0.29) is 0 Å². The quantitative estimate of drug-likeness (QED) is 0.811. The minimum Gasteiger partial charge on any atom is -0.326 e. The maximum atomic E-state index is 5.71. The summed E-state index contributed by atoms with van der Waals surface area (Å²) in [7, 11) is 0. The lowest BCUT2D eigenvalue weighted by Crippen LogP contribution is -2.08. The summed E-state index contributed by atoms with van der Waals surface area (Å²) in [5.41, 5.74) is 8.33. The number of nitrogens with two attached hydrogens (primary N) is 1. The number of hydrogen-bond donors (Lipinski definition) is 1.